The molecule has 0 radical (unpaired) electrons. The van der Waals surface area contributed by atoms with Gasteiger partial charge >= 0.3 is 0 Å². The lowest BCUT2D eigenvalue weighted by atomic mass is 10.2. The van der Waals surface area contributed by atoms with E-state index in [0.29, 0.717) is 0 Å². The summed E-state index contributed by atoms with van der Waals surface area (Å²) in [6.07, 6.45) is 8.46. The second-order valence-corrected chi connectivity index (χ2v) is 4.24. The first kappa shape index (κ1) is 12.2. The first-order chi connectivity index (χ1) is 7.43. The monoisotopic (exact) mass is 226 g/mol. The summed E-state index contributed by atoms with van der Waals surface area (Å²) in [7, 11) is 0. The zero-order valence-electron chi connectivity index (χ0n) is 9.19. The van der Waals surface area contributed by atoms with E-state index in [1.807, 2.05) is 11.6 Å². The van der Waals surface area contributed by atoms with Crippen LogP contribution in [0.4, 0.5) is 0 Å². The minimum atomic E-state index is 0.778. The van der Waals surface area contributed by atoms with Crippen LogP contribution in [0.5, 0.6) is 0 Å². The summed E-state index contributed by atoms with van der Waals surface area (Å²) in [6, 6.07) is 0. The molecule has 1 aromatic rings. The molecule has 4 heteroatoms. The first-order valence-electron chi connectivity index (χ1n) is 5.41. The zero-order valence-corrected chi connectivity index (χ0v) is 10.0. The maximum atomic E-state index is 4.65. The van der Waals surface area contributed by atoms with Crippen LogP contribution in [0.25, 0.3) is 0 Å². The summed E-state index contributed by atoms with van der Waals surface area (Å²) in [5.74, 6) is 0. The van der Waals surface area contributed by atoms with E-state index in [9.17, 15) is 0 Å². The van der Waals surface area contributed by atoms with Crippen LogP contribution in [0.2, 0.25) is 0 Å². The quantitative estimate of drug-likeness (QED) is 0.740. The van der Waals surface area contributed by atoms with Gasteiger partial charge in [0.2, 0.25) is 0 Å². The number of ether oxygens (including phenoxy) is 1. The predicted octanol–water partition coefficient (Wildman–Crippen LogP) is 2.92. The number of aliphatic imine (C=N–C) groups is 1. The predicted molar refractivity (Wildman–Crippen MR) is 64.7 cm³/mol. The molecule has 0 N–H and O–H groups in total. The maximum absolute atomic E-state index is 4.65. The van der Waals surface area contributed by atoms with Crippen LogP contribution in [0.3, 0.4) is 0 Å². The van der Waals surface area contributed by atoms with Crippen molar-refractivity contribution in [2.75, 3.05) is 13.2 Å². The lowest BCUT2D eigenvalue weighted by Crippen LogP contribution is -1.81. The van der Waals surface area contributed by atoms with Crippen LogP contribution in [0.1, 0.15) is 31.2 Å². The molecule has 0 aliphatic carbocycles. The second-order valence-electron chi connectivity index (χ2n) is 3.27. The van der Waals surface area contributed by atoms with E-state index >= 15 is 0 Å². The fourth-order valence-corrected chi connectivity index (χ4v) is 1.83. The van der Waals surface area contributed by atoms with Gasteiger partial charge in [-0.3, -0.25) is 4.99 Å². The first-order valence-corrected chi connectivity index (χ1v) is 6.29. The Morgan fingerprint density at radius 1 is 1.47 bits per heavy atom. The van der Waals surface area contributed by atoms with Crippen molar-refractivity contribution in [3.8, 4) is 0 Å². The highest BCUT2D eigenvalue weighted by molar-refractivity contribution is 7.09. The van der Waals surface area contributed by atoms with Crippen LogP contribution in [0, 0.1) is 0 Å². The molecule has 0 bridgehead atoms. The Labute approximate surface area is 95.2 Å². The van der Waals surface area contributed by atoms with Gasteiger partial charge < -0.3 is 4.74 Å². The fraction of sp³-hybridized carbons (Fsp3) is 0.636. The fourth-order valence-electron chi connectivity index (χ4n) is 1.17. The molecular weight excluding hydrogens is 208 g/mol. The number of thiazole rings is 1. The number of unbranched alkanes of at least 4 members (excludes halogenated alkanes) is 2. The minimum Gasteiger partial charge on any atom is -0.482 e. The van der Waals surface area contributed by atoms with Gasteiger partial charge in [0.05, 0.1) is 11.6 Å². The molecule has 0 spiro atoms. The van der Waals surface area contributed by atoms with Gasteiger partial charge in [0.15, 0.2) is 6.40 Å². The van der Waals surface area contributed by atoms with E-state index in [0.717, 1.165) is 13.2 Å². The molecule has 3 nitrogen and oxygen atoms in total. The summed E-state index contributed by atoms with van der Waals surface area (Å²) in [5.41, 5.74) is 0. The van der Waals surface area contributed by atoms with Gasteiger partial charge in [-0.15, -0.1) is 11.3 Å². The van der Waals surface area contributed by atoms with E-state index in [1.54, 1.807) is 11.3 Å². The average molecular weight is 226 g/mol. The molecule has 0 unspecified atom stereocenters. The normalized spacial score (nSPS) is 13.1. The van der Waals surface area contributed by atoms with Gasteiger partial charge in [0, 0.05) is 11.6 Å². The number of aryl methyl sites for hydroxylation is 1. The molecule has 15 heavy (non-hydrogen) atoms. The third-order valence-corrected chi connectivity index (χ3v) is 2.80. The topological polar surface area (TPSA) is 34.5 Å². The Bertz CT molecular complexity index is 254. The van der Waals surface area contributed by atoms with Crippen LogP contribution in [0.15, 0.2) is 16.6 Å². The lowest BCUT2D eigenvalue weighted by Gasteiger charge is -1.92. The summed E-state index contributed by atoms with van der Waals surface area (Å²) >= 11 is 1.76. The molecule has 2 rings (SSSR count). The van der Waals surface area contributed by atoms with Crippen LogP contribution in [-0.2, 0) is 11.2 Å². The smallest absolute Gasteiger partial charge is 0.169 e. The maximum Gasteiger partial charge on any atom is 0.169 e. The van der Waals surface area contributed by atoms with Crippen molar-refractivity contribution in [2.45, 2.75) is 32.6 Å². The third kappa shape index (κ3) is 6.23. The van der Waals surface area contributed by atoms with Crippen molar-refractivity contribution in [1.82, 2.24) is 4.98 Å². The lowest BCUT2D eigenvalue weighted by molar-refractivity contribution is 0.361. The molecule has 2 heterocycles. The van der Waals surface area contributed by atoms with E-state index in [2.05, 4.69) is 21.6 Å². The Morgan fingerprint density at radius 3 is 2.87 bits per heavy atom. The highest BCUT2D eigenvalue weighted by atomic mass is 32.1. The molecular formula is C11H18N2OS. The number of hydrogen-bond acceptors (Lipinski definition) is 4. The van der Waals surface area contributed by atoms with E-state index in [1.165, 1.54) is 37.1 Å². The SMILES string of the molecule is C1=NCCO1.CCCCCc1nccs1. The van der Waals surface area contributed by atoms with Gasteiger partial charge in [-0.2, -0.15) is 0 Å². The van der Waals surface area contributed by atoms with Crippen LogP contribution >= 0.6 is 11.3 Å². The van der Waals surface area contributed by atoms with Crippen molar-refractivity contribution < 1.29 is 4.74 Å². The van der Waals surface area contributed by atoms with Gasteiger partial charge in [0.25, 0.3) is 0 Å². The third-order valence-electron chi connectivity index (χ3n) is 1.96. The highest BCUT2D eigenvalue weighted by Gasteiger charge is 1.92. The van der Waals surface area contributed by atoms with Gasteiger partial charge in [-0.25, -0.2) is 4.98 Å². The largest absolute Gasteiger partial charge is 0.482 e. The number of nitrogens with zero attached hydrogens (tertiary/aromatic N) is 2. The summed E-state index contributed by atoms with van der Waals surface area (Å²) in [5, 5.41) is 3.33. The summed E-state index contributed by atoms with van der Waals surface area (Å²) in [6.45, 7) is 3.85. The van der Waals surface area contributed by atoms with Gasteiger partial charge in [-0.05, 0) is 12.8 Å². The number of rotatable bonds is 4. The molecule has 0 saturated carbocycles. The molecule has 0 atom stereocenters. The molecule has 0 amide bonds. The van der Waals surface area contributed by atoms with E-state index in [4.69, 9.17) is 0 Å². The number of hydrogen-bond donors (Lipinski definition) is 0. The Balaban J connectivity index is 0.000000187. The van der Waals surface area contributed by atoms with Crippen LogP contribution < -0.4 is 0 Å². The van der Waals surface area contributed by atoms with Crippen molar-refractivity contribution in [2.24, 2.45) is 4.99 Å². The average Bonchev–Trinajstić information content (AvgIpc) is 2.94. The van der Waals surface area contributed by atoms with Gasteiger partial charge in [-0.1, -0.05) is 19.8 Å². The van der Waals surface area contributed by atoms with Crippen molar-refractivity contribution in [3.63, 3.8) is 0 Å². The van der Waals surface area contributed by atoms with Crippen molar-refractivity contribution >= 4 is 17.7 Å². The minimum absolute atomic E-state index is 0.778. The molecule has 1 aromatic heterocycles. The van der Waals surface area contributed by atoms with Gasteiger partial charge in [0.1, 0.15) is 6.61 Å². The Morgan fingerprint density at radius 2 is 2.40 bits per heavy atom. The van der Waals surface area contributed by atoms with E-state index < -0.39 is 0 Å². The van der Waals surface area contributed by atoms with Crippen molar-refractivity contribution in [3.05, 3.63) is 16.6 Å². The molecule has 84 valence electrons. The summed E-state index contributed by atoms with van der Waals surface area (Å²) in [4.78, 5) is 7.94. The standard InChI is InChI=1S/C8H13NS.C3H5NO/c1-2-3-4-5-8-9-6-7-10-8;1-2-5-3-4-1/h6-7H,2-5H2,1H3;3H,1-2H2. The Hall–Kier alpha value is -0.900. The number of aromatic nitrogens is 1. The molecule has 1 aliphatic heterocycles. The molecule has 0 aromatic carbocycles. The Kier molecular flexibility index (Phi) is 6.83. The molecule has 0 saturated heterocycles. The highest BCUT2D eigenvalue weighted by Crippen LogP contribution is 2.08. The summed E-state index contributed by atoms with van der Waals surface area (Å²) < 4.78 is 4.65. The van der Waals surface area contributed by atoms with E-state index in [-0.39, 0.29) is 0 Å². The molecule has 0 fully saturated rings. The molecule has 1 aliphatic rings. The second kappa shape index (κ2) is 8.41. The van der Waals surface area contributed by atoms with Crippen molar-refractivity contribution in [1.29, 1.82) is 0 Å². The van der Waals surface area contributed by atoms with Crippen LogP contribution in [-0.4, -0.2) is 24.5 Å². The zero-order chi connectivity index (χ0) is 10.8.